The number of rotatable bonds is 4. The van der Waals surface area contributed by atoms with Crippen LogP contribution in [0.15, 0.2) is 18.2 Å². The normalized spacial score (nSPS) is 14.3. The molecule has 1 aliphatic heterocycles. The first-order valence-electron chi connectivity index (χ1n) is 5.55. The van der Waals surface area contributed by atoms with Gasteiger partial charge >= 0.3 is 0 Å². The third-order valence-electron chi connectivity index (χ3n) is 2.93. The van der Waals surface area contributed by atoms with E-state index in [1.165, 1.54) is 11.3 Å². The monoisotopic (exact) mass is 206 g/mol. The maximum Gasteiger partial charge on any atom is 0.0431 e. The van der Waals surface area contributed by atoms with Crippen LogP contribution in [0.3, 0.4) is 0 Å². The molecule has 3 heteroatoms. The molecule has 0 bridgehead atoms. The van der Waals surface area contributed by atoms with Crippen LogP contribution < -0.4 is 10.6 Å². The molecule has 0 saturated heterocycles. The number of aliphatic hydroxyl groups is 1. The summed E-state index contributed by atoms with van der Waals surface area (Å²) in [6.45, 7) is 2.42. The SMILES string of the molecule is Nc1ccc2c(c1)CCN2CCCCO. The molecule has 0 spiro atoms. The highest BCUT2D eigenvalue weighted by Gasteiger charge is 2.17. The lowest BCUT2D eigenvalue weighted by atomic mass is 10.1. The third kappa shape index (κ3) is 2.23. The summed E-state index contributed by atoms with van der Waals surface area (Å²) in [7, 11) is 0. The second-order valence-electron chi connectivity index (χ2n) is 4.06. The fourth-order valence-electron chi connectivity index (χ4n) is 2.14. The van der Waals surface area contributed by atoms with Crippen molar-refractivity contribution >= 4 is 11.4 Å². The van der Waals surface area contributed by atoms with Gasteiger partial charge in [-0.2, -0.15) is 0 Å². The highest BCUT2D eigenvalue weighted by Crippen LogP contribution is 2.29. The molecule has 0 radical (unpaired) electrons. The molecule has 1 aromatic rings. The summed E-state index contributed by atoms with van der Waals surface area (Å²) in [6, 6.07) is 6.14. The van der Waals surface area contributed by atoms with Gasteiger partial charge in [-0.25, -0.2) is 0 Å². The van der Waals surface area contributed by atoms with Crippen molar-refractivity contribution in [2.75, 3.05) is 30.3 Å². The Labute approximate surface area is 90.5 Å². The van der Waals surface area contributed by atoms with Crippen LogP contribution in [0, 0.1) is 0 Å². The highest BCUT2D eigenvalue weighted by molar-refractivity contribution is 5.62. The Hall–Kier alpha value is -1.22. The predicted octanol–water partition coefficient (Wildman–Crippen LogP) is 1.40. The van der Waals surface area contributed by atoms with E-state index in [1.54, 1.807) is 0 Å². The Kier molecular flexibility index (Phi) is 3.11. The van der Waals surface area contributed by atoms with Crippen molar-refractivity contribution < 1.29 is 5.11 Å². The Morgan fingerprint density at radius 2 is 2.20 bits per heavy atom. The molecule has 0 aromatic heterocycles. The minimum absolute atomic E-state index is 0.294. The number of aliphatic hydroxyl groups excluding tert-OH is 1. The number of hydrogen-bond donors (Lipinski definition) is 2. The Bertz CT molecular complexity index is 338. The summed E-state index contributed by atoms with van der Waals surface area (Å²) in [4.78, 5) is 2.38. The molecule has 0 fully saturated rings. The quantitative estimate of drug-likeness (QED) is 0.578. The second-order valence-corrected chi connectivity index (χ2v) is 4.06. The molecule has 3 N–H and O–H groups in total. The van der Waals surface area contributed by atoms with Crippen molar-refractivity contribution in [3.8, 4) is 0 Å². The molecule has 82 valence electrons. The number of unbranched alkanes of at least 4 members (excludes halogenated alkanes) is 1. The average molecular weight is 206 g/mol. The molecule has 3 nitrogen and oxygen atoms in total. The first-order chi connectivity index (χ1) is 7.31. The number of anilines is 2. The van der Waals surface area contributed by atoms with Gasteiger partial charge in [-0.3, -0.25) is 0 Å². The van der Waals surface area contributed by atoms with Crippen LogP contribution in [0.4, 0.5) is 11.4 Å². The van der Waals surface area contributed by atoms with Crippen molar-refractivity contribution in [1.29, 1.82) is 0 Å². The van der Waals surface area contributed by atoms with Crippen molar-refractivity contribution in [3.63, 3.8) is 0 Å². The lowest BCUT2D eigenvalue weighted by Crippen LogP contribution is -2.21. The van der Waals surface area contributed by atoms with Gasteiger partial charge < -0.3 is 15.7 Å². The number of hydrogen-bond acceptors (Lipinski definition) is 3. The van der Waals surface area contributed by atoms with E-state index in [0.717, 1.165) is 38.0 Å². The standard InChI is InChI=1S/C12H18N2O/c13-11-3-4-12-10(9-11)5-7-14(12)6-1-2-8-15/h3-4,9,15H,1-2,5-8,13H2. The number of nitrogens with two attached hydrogens (primary N) is 1. The van der Waals surface area contributed by atoms with Crippen molar-refractivity contribution in [2.45, 2.75) is 19.3 Å². The van der Waals surface area contributed by atoms with E-state index in [1.807, 2.05) is 6.07 Å². The van der Waals surface area contributed by atoms with Gasteiger partial charge in [-0.1, -0.05) is 0 Å². The molecule has 0 unspecified atom stereocenters. The molecule has 2 rings (SSSR count). The van der Waals surface area contributed by atoms with Crippen LogP contribution in [0.5, 0.6) is 0 Å². The molecular weight excluding hydrogens is 188 g/mol. The zero-order valence-electron chi connectivity index (χ0n) is 8.95. The first-order valence-corrected chi connectivity index (χ1v) is 5.55. The fourth-order valence-corrected chi connectivity index (χ4v) is 2.14. The van der Waals surface area contributed by atoms with Crippen molar-refractivity contribution in [1.82, 2.24) is 0 Å². The molecule has 0 saturated carbocycles. The molecule has 1 aromatic carbocycles. The third-order valence-corrected chi connectivity index (χ3v) is 2.93. The van der Waals surface area contributed by atoms with E-state index in [2.05, 4.69) is 17.0 Å². The molecule has 0 amide bonds. The van der Waals surface area contributed by atoms with E-state index < -0.39 is 0 Å². The molecule has 15 heavy (non-hydrogen) atoms. The second kappa shape index (κ2) is 4.53. The lowest BCUT2D eigenvalue weighted by molar-refractivity contribution is 0.285. The zero-order chi connectivity index (χ0) is 10.7. The predicted molar refractivity (Wildman–Crippen MR) is 63.1 cm³/mol. The van der Waals surface area contributed by atoms with Crippen LogP contribution in [0.1, 0.15) is 18.4 Å². The van der Waals surface area contributed by atoms with E-state index >= 15 is 0 Å². The van der Waals surface area contributed by atoms with E-state index in [-0.39, 0.29) is 0 Å². The number of nitrogens with zero attached hydrogens (tertiary/aromatic N) is 1. The summed E-state index contributed by atoms with van der Waals surface area (Å²) in [5.41, 5.74) is 9.28. The number of fused-ring (bicyclic) bond motifs is 1. The van der Waals surface area contributed by atoms with E-state index in [4.69, 9.17) is 10.8 Å². The summed E-state index contributed by atoms with van der Waals surface area (Å²) in [5, 5.41) is 8.74. The van der Waals surface area contributed by atoms with Crippen LogP contribution >= 0.6 is 0 Å². The van der Waals surface area contributed by atoms with Gasteiger partial charge in [0.05, 0.1) is 0 Å². The largest absolute Gasteiger partial charge is 0.399 e. The topological polar surface area (TPSA) is 49.5 Å². The molecule has 1 aliphatic rings. The van der Waals surface area contributed by atoms with Gasteiger partial charge in [0, 0.05) is 31.1 Å². The molecule has 1 heterocycles. The smallest absolute Gasteiger partial charge is 0.0431 e. The van der Waals surface area contributed by atoms with Crippen molar-refractivity contribution in [3.05, 3.63) is 23.8 Å². The van der Waals surface area contributed by atoms with Crippen LogP contribution in [-0.2, 0) is 6.42 Å². The summed E-state index contributed by atoms with van der Waals surface area (Å²) >= 11 is 0. The van der Waals surface area contributed by atoms with Gasteiger partial charge in [0.25, 0.3) is 0 Å². The molecule has 0 atom stereocenters. The van der Waals surface area contributed by atoms with Crippen molar-refractivity contribution in [2.24, 2.45) is 0 Å². The average Bonchev–Trinajstić information content (AvgIpc) is 2.61. The number of nitrogen functional groups attached to an aromatic ring is 1. The minimum Gasteiger partial charge on any atom is -0.399 e. The summed E-state index contributed by atoms with van der Waals surface area (Å²) < 4.78 is 0. The zero-order valence-corrected chi connectivity index (χ0v) is 8.95. The van der Waals surface area contributed by atoms with Gasteiger partial charge in [0.1, 0.15) is 0 Å². The minimum atomic E-state index is 0.294. The Morgan fingerprint density at radius 3 is 3.00 bits per heavy atom. The maximum absolute atomic E-state index is 8.74. The van der Waals surface area contributed by atoms with Crippen LogP contribution in [0.25, 0.3) is 0 Å². The summed E-state index contributed by atoms with van der Waals surface area (Å²) in [6.07, 6.45) is 3.04. The van der Waals surface area contributed by atoms with Crippen LogP contribution in [-0.4, -0.2) is 24.8 Å². The highest BCUT2D eigenvalue weighted by atomic mass is 16.2. The molecular formula is C12H18N2O. The van der Waals surface area contributed by atoms with Gasteiger partial charge in [0.2, 0.25) is 0 Å². The first kappa shape index (κ1) is 10.3. The Morgan fingerprint density at radius 1 is 1.33 bits per heavy atom. The van der Waals surface area contributed by atoms with Gasteiger partial charge in [-0.05, 0) is 43.0 Å². The van der Waals surface area contributed by atoms with Crippen LogP contribution in [0.2, 0.25) is 0 Å². The van der Waals surface area contributed by atoms with E-state index in [9.17, 15) is 0 Å². The molecule has 0 aliphatic carbocycles. The number of benzene rings is 1. The van der Waals surface area contributed by atoms with Gasteiger partial charge in [0.15, 0.2) is 0 Å². The summed E-state index contributed by atoms with van der Waals surface area (Å²) in [5.74, 6) is 0. The van der Waals surface area contributed by atoms with E-state index in [0.29, 0.717) is 6.61 Å². The van der Waals surface area contributed by atoms with Gasteiger partial charge in [-0.15, -0.1) is 0 Å². The fraction of sp³-hybridized carbons (Fsp3) is 0.500. The Balaban J connectivity index is 2.02. The lowest BCUT2D eigenvalue weighted by Gasteiger charge is -2.19. The maximum atomic E-state index is 8.74.